The zero-order valence-electron chi connectivity index (χ0n) is 11.9. The Kier molecular flexibility index (Phi) is 4.63. The summed E-state index contributed by atoms with van der Waals surface area (Å²) in [6, 6.07) is 4.42. The van der Waals surface area contributed by atoms with E-state index < -0.39 is 8.07 Å². The predicted molar refractivity (Wildman–Crippen MR) is 82.9 cm³/mol. The maximum atomic E-state index is 5.51. The van der Waals surface area contributed by atoms with Gasteiger partial charge in [0.1, 0.15) is 8.07 Å². The van der Waals surface area contributed by atoms with Crippen molar-refractivity contribution in [1.29, 1.82) is 0 Å². The van der Waals surface area contributed by atoms with E-state index in [1.54, 1.807) is 4.50 Å². The molecule has 1 aromatic heterocycles. The minimum absolute atomic E-state index is 0.756. The zero-order chi connectivity index (χ0) is 13.2. The highest BCUT2D eigenvalue weighted by Gasteiger charge is 2.45. The maximum absolute atomic E-state index is 5.51. The smallest absolute Gasteiger partial charge is 0.107 e. The van der Waals surface area contributed by atoms with Gasteiger partial charge in [0.15, 0.2) is 0 Å². The molecule has 1 heterocycles. The van der Waals surface area contributed by atoms with Crippen LogP contribution in [0.1, 0.15) is 46.4 Å². The molecule has 0 saturated carbocycles. The van der Waals surface area contributed by atoms with Crippen molar-refractivity contribution in [2.45, 2.75) is 58.2 Å². The van der Waals surface area contributed by atoms with Crippen molar-refractivity contribution in [3.8, 4) is 12.3 Å². The quantitative estimate of drug-likeness (QED) is 0.550. The van der Waals surface area contributed by atoms with Crippen molar-refractivity contribution >= 4 is 23.9 Å². The van der Waals surface area contributed by atoms with E-state index in [1.807, 2.05) is 11.3 Å². The Balaban J connectivity index is 3.37. The predicted octanol–water partition coefficient (Wildman–Crippen LogP) is 4.62. The van der Waals surface area contributed by atoms with Crippen molar-refractivity contribution in [3.63, 3.8) is 0 Å². The Morgan fingerprint density at radius 1 is 1.00 bits per heavy atom. The summed E-state index contributed by atoms with van der Waals surface area (Å²) < 4.78 is 1.59. The van der Waals surface area contributed by atoms with E-state index in [9.17, 15) is 0 Å². The maximum Gasteiger partial charge on any atom is 0.107 e. The molecule has 0 bridgehead atoms. The molecule has 94 valence electrons. The van der Waals surface area contributed by atoms with E-state index in [0.29, 0.717) is 0 Å². The molecule has 0 aliphatic carbocycles. The van der Waals surface area contributed by atoms with E-state index in [2.05, 4.69) is 59.6 Å². The molecule has 0 atom stereocenters. The lowest BCUT2D eigenvalue weighted by atomic mass is 10.5. The summed E-state index contributed by atoms with van der Waals surface area (Å²) in [6.07, 6.45) is 5.51. The first-order chi connectivity index (χ1) is 7.87. The van der Waals surface area contributed by atoms with Gasteiger partial charge < -0.3 is 0 Å². The molecule has 0 spiro atoms. The standard InChI is InChI=1S/C15H24SSi/c1-8-14-9-10-15(16-14)17(11(2)3,12(4)5)13(6)7/h1,9-13H,2-7H3. The van der Waals surface area contributed by atoms with E-state index in [1.165, 1.54) is 0 Å². The van der Waals surface area contributed by atoms with Gasteiger partial charge in [0, 0.05) is 0 Å². The molecule has 17 heavy (non-hydrogen) atoms. The van der Waals surface area contributed by atoms with Gasteiger partial charge in [0.2, 0.25) is 0 Å². The first kappa shape index (κ1) is 14.5. The molecule has 0 radical (unpaired) electrons. The van der Waals surface area contributed by atoms with Crippen molar-refractivity contribution < 1.29 is 0 Å². The zero-order valence-corrected chi connectivity index (χ0v) is 13.7. The van der Waals surface area contributed by atoms with Crippen molar-refractivity contribution in [2.24, 2.45) is 0 Å². The third kappa shape index (κ3) is 2.36. The average Bonchev–Trinajstić information content (AvgIpc) is 2.65. The minimum atomic E-state index is -1.48. The summed E-state index contributed by atoms with van der Waals surface area (Å²) >= 11 is 1.85. The second-order valence-electron chi connectivity index (χ2n) is 5.71. The van der Waals surface area contributed by atoms with Crippen LogP contribution < -0.4 is 4.50 Å². The van der Waals surface area contributed by atoms with Gasteiger partial charge in [-0.3, -0.25) is 0 Å². The molecule has 1 rings (SSSR count). The van der Waals surface area contributed by atoms with Crippen LogP contribution in [0.3, 0.4) is 0 Å². The summed E-state index contributed by atoms with van der Waals surface area (Å²) in [5, 5.41) is 0. The molecule has 2 heteroatoms. The summed E-state index contributed by atoms with van der Waals surface area (Å²) in [5.41, 5.74) is 2.27. The van der Waals surface area contributed by atoms with Gasteiger partial charge in [-0.25, -0.2) is 0 Å². The molecule has 0 aliphatic rings. The molecule has 1 aromatic rings. The number of thiophene rings is 1. The van der Waals surface area contributed by atoms with Crippen molar-refractivity contribution in [2.75, 3.05) is 0 Å². The third-order valence-corrected chi connectivity index (χ3v) is 13.0. The lowest BCUT2D eigenvalue weighted by Crippen LogP contribution is -2.54. The summed E-state index contributed by atoms with van der Waals surface area (Å²) in [4.78, 5) is 1.08. The van der Waals surface area contributed by atoms with Crippen LogP contribution in [-0.4, -0.2) is 8.07 Å². The number of rotatable bonds is 4. The Bertz CT molecular complexity index is 385. The molecule has 0 aliphatic heterocycles. The minimum Gasteiger partial charge on any atom is -0.136 e. The highest BCUT2D eigenvalue weighted by Crippen LogP contribution is 2.42. The molecule has 0 nitrogen and oxygen atoms in total. The van der Waals surface area contributed by atoms with Gasteiger partial charge in [0.25, 0.3) is 0 Å². The monoisotopic (exact) mass is 264 g/mol. The highest BCUT2D eigenvalue weighted by molar-refractivity contribution is 7.28. The fourth-order valence-corrected chi connectivity index (χ4v) is 13.3. The fraction of sp³-hybridized carbons (Fsp3) is 0.600. The third-order valence-electron chi connectivity index (χ3n) is 4.04. The lowest BCUT2D eigenvalue weighted by Gasteiger charge is -2.42. The summed E-state index contributed by atoms with van der Waals surface area (Å²) in [7, 11) is -1.48. The van der Waals surface area contributed by atoms with Crippen LogP contribution in [0.4, 0.5) is 0 Å². The van der Waals surface area contributed by atoms with Gasteiger partial charge in [-0.1, -0.05) is 53.5 Å². The van der Waals surface area contributed by atoms with Gasteiger partial charge in [-0.15, -0.1) is 17.8 Å². The van der Waals surface area contributed by atoms with Gasteiger partial charge >= 0.3 is 0 Å². The number of hydrogen-bond donors (Lipinski definition) is 0. The van der Waals surface area contributed by atoms with Crippen LogP contribution in [0, 0.1) is 12.3 Å². The molecule has 0 unspecified atom stereocenters. The highest BCUT2D eigenvalue weighted by atomic mass is 32.1. The molecular formula is C15H24SSi. The Hall–Kier alpha value is -0.523. The molecule has 0 aromatic carbocycles. The van der Waals surface area contributed by atoms with Crippen LogP contribution in [0.25, 0.3) is 0 Å². The lowest BCUT2D eigenvalue weighted by molar-refractivity contribution is 0.837. The van der Waals surface area contributed by atoms with Crippen LogP contribution in [0.15, 0.2) is 12.1 Å². The number of terminal acetylenes is 1. The second kappa shape index (κ2) is 5.41. The largest absolute Gasteiger partial charge is 0.136 e. The molecule has 0 saturated heterocycles. The Morgan fingerprint density at radius 3 is 1.76 bits per heavy atom. The van der Waals surface area contributed by atoms with E-state index in [-0.39, 0.29) is 0 Å². The average molecular weight is 265 g/mol. The van der Waals surface area contributed by atoms with Crippen molar-refractivity contribution in [3.05, 3.63) is 17.0 Å². The fourth-order valence-electron chi connectivity index (χ4n) is 3.50. The van der Waals surface area contributed by atoms with Crippen LogP contribution >= 0.6 is 11.3 Å². The van der Waals surface area contributed by atoms with Gasteiger partial charge in [-0.05, 0) is 27.2 Å². The van der Waals surface area contributed by atoms with E-state index in [0.717, 1.165) is 21.5 Å². The molecule has 0 amide bonds. The molecule has 0 fully saturated rings. The van der Waals surface area contributed by atoms with Crippen molar-refractivity contribution in [1.82, 2.24) is 0 Å². The van der Waals surface area contributed by atoms with E-state index >= 15 is 0 Å². The SMILES string of the molecule is C#Cc1ccc([Si](C(C)C)(C(C)C)C(C)C)s1. The topological polar surface area (TPSA) is 0 Å². The Labute approximate surface area is 111 Å². The molecule has 0 N–H and O–H groups in total. The summed E-state index contributed by atoms with van der Waals surface area (Å²) in [6.45, 7) is 14.3. The van der Waals surface area contributed by atoms with Gasteiger partial charge in [-0.2, -0.15) is 0 Å². The normalized spacial score (nSPS) is 12.5. The van der Waals surface area contributed by atoms with Crippen LogP contribution in [-0.2, 0) is 0 Å². The Morgan fingerprint density at radius 2 is 1.47 bits per heavy atom. The van der Waals surface area contributed by atoms with Crippen LogP contribution in [0.2, 0.25) is 16.6 Å². The van der Waals surface area contributed by atoms with Crippen LogP contribution in [0.5, 0.6) is 0 Å². The first-order valence-corrected chi connectivity index (χ1v) is 9.49. The number of hydrogen-bond acceptors (Lipinski definition) is 1. The van der Waals surface area contributed by atoms with Gasteiger partial charge in [0.05, 0.1) is 4.88 Å². The molecular weight excluding hydrogens is 240 g/mol. The summed E-state index contributed by atoms with van der Waals surface area (Å²) in [5.74, 6) is 2.78. The van der Waals surface area contributed by atoms with E-state index in [4.69, 9.17) is 6.42 Å². The second-order valence-corrected chi connectivity index (χ2v) is 13.0. The first-order valence-electron chi connectivity index (χ1n) is 6.44.